The van der Waals surface area contributed by atoms with Gasteiger partial charge in [0, 0.05) is 27.8 Å². The van der Waals surface area contributed by atoms with E-state index in [0.717, 1.165) is 9.35 Å². The van der Waals surface area contributed by atoms with E-state index in [4.69, 9.17) is 5.73 Å². The van der Waals surface area contributed by atoms with E-state index in [2.05, 4.69) is 30.8 Å². The van der Waals surface area contributed by atoms with Crippen LogP contribution in [-0.4, -0.2) is 18.6 Å². The van der Waals surface area contributed by atoms with Gasteiger partial charge in [-0.25, -0.2) is 13.1 Å². The summed E-state index contributed by atoms with van der Waals surface area (Å²) in [5, 5.41) is 8.43. The molecule has 0 bridgehead atoms. The van der Waals surface area contributed by atoms with Gasteiger partial charge < -0.3 is 5.73 Å². The lowest BCUT2D eigenvalue weighted by atomic mass is 10.4. The zero-order chi connectivity index (χ0) is 14.0. The molecule has 2 heterocycles. The fourth-order valence-corrected chi connectivity index (χ4v) is 4.51. The molecule has 19 heavy (non-hydrogen) atoms. The Labute approximate surface area is 123 Å². The Hall–Kier alpha value is -0.740. The zero-order valence-electron chi connectivity index (χ0n) is 10.1. The second kappa shape index (κ2) is 5.71. The maximum Gasteiger partial charge on any atom is 0.244 e. The Balaban J connectivity index is 2.20. The summed E-state index contributed by atoms with van der Waals surface area (Å²) in [5.74, 6) is 0. The molecule has 2 aromatic rings. The predicted octanol–water partition coefficient (Wildman–Crippen LogP) is 1.48. The normalized spacial score (nSPS) is 11.9. The van der Waals surface area contributed by atoms with Gasteiger partial charge in [0.25, 0.3) is 0 Å². The number of thiophene rings is 1. The van der Waals surface area contributed by atoms with Crippen molar-refractivity contribution >= 4 is 37.3 Å². The van der Waals surface area contributed by atoms with Gasteiger partial charge >= 0.3 is 0 Å². The lowest BCUT2D eigenvalue weighted by molar-refractivity contribution is 0.580. The molecule has 0 aliphatic rings. The van der Waals surface area contributed by atoms with Crippen molar-refractivity contribution in [2.45, 2.75) is 24.9 Å². The summed E-state index contributed by atoms with van der Waals surface area (Å²) >= 11 is 4.81. The van der Waals surface area contributed by atoms with Crippen molar-refractivity contribution in [1.29, 1.82) is 0 Å². The molecule has 0 atom stereocenters. The largest absolute Gasteiger partial charge is 0.325 e. The molecule has 9 heteroatoms. The number of H-pyrrole nitrogens is 1. The second-order valence-electron chi connectivity index (χ2n) is 3.88. The number of aromatic nitrogens is 2. The van der Waals surface area contributed by atoms with Crippen LogP contribution in [0.4, 0.5) is 0 Å². The number of rotatable bonds is 5. The number of halogens is 1. The maximum absolute atomic E-state index is 12.2. The van der Waals surface area contributed by atoms with Crippen LogP contribution < -0.4 is 10.5 Å². The van der Waals surface area contributed by atoms with Crippen LogP contribution in [0.15, 0.2) is 20.8 Å². The molecule has 104 valence electrons. The van der Waals surface area contributed by atoms with E-state index in [9.17, 15) is 8.42 Å². The number of aromatic amines is 1. The SMILES string of the molecule is Cc1[nH]nc(CN)c1S(=O)(=O)NCc1cc(Br)cs1. The Morgan fingerprint density at radius 1 is 1.58 bits per heavy atom. The lowest BCUT2D eigenvalue weighted by Gasteiger charge is -2.06. The van der Waals surface area contributed by atoms with Crippen LogP contribution >= 0.6 is 27.3 Å². The van der Waals surface area contributed by atoms with Gasteiger partial charge in [-0.05, 0) is 28.9 Å². The monoisotopic (exact) mass is 364 g/mol. The first kappa shape index (κ1) is 14.7. The molecule has 0 aromatic carbocycles. The van der Waals surface area contributed by atoms with E-state index in [0.29, 0.717) is 11.4 Å². The summed E-state index contributed by atoms with van der Waals surface area (Å²) < 4.78 is 28.0. The molecule has 0 radical (unpaired) electrons. The number of nitrogens with zero attached hydrogens (tertiary/aromatic N) is 1. The molecular weight excluding hydrogens is 352 g/mol. The molecule has 6 nitrogen and oxygen atoms in total. The minimum Gasteiger partial charge on any atom is -0.325 e. The summed E-state index contributed by atoms with van der Waals surface area (Å²) in [6.45, 7) is 1.97. The van der Waals surface area contributed by atoms with Gasteiger partial charge in [-0.15, -0.1) is 11.3 Å². The summed E-state index contributed by atoms with van der Waals surface area (Å²) in [4.78, 5) is 1.07. The highest BCUT2D eigenvalue weighted by Gasteiger charge is 2.23. The van der Waals surface area contributed by atoms with Crippen LogP contribution in [0.5, 0.6) is 0 Å². The average Bonchev–Trinajstić information content (AvgIpc) is 2.93. The van der Waals surface area contributed by atoms with Gasteiger partial charge in [-0.2, -0.15) is 5.10 Å². The summed E-state index contributed by atoms with van der Waals surface area (Å²) in [6.07, 6.45) is 0. The number of sulfonamides is 1. The van der Waals surface area contributed by atoms with Crippen molar-refractivity contribution < 1.29 is 8.42 Å². The highest BCUT2D eigenvalue weighted by atomic mass is 79.9. The van der Waals surface area contributed by atoms with Crippen molar-refractivity contribution in [3.05, 3.63) is 32.2 Å². The van der Waals surface area contributed by atoms with Gasteiger partial charge in [-0.3, -0.25) is 5.10 Å². The first-order chi connectivity index (χ1) is 8.94. The van der Waals surface area contributed by atoms with Crippen molar-refractivity contribution in [3.63, 3.8) is 0 Å². The second-order valence-corrected chi connectivity index (χ2v) is 7.50. The molecule has 0 aliphatic heterocycles. The molecule has 0 aliphatic carbocycles. The minimum atomic E-state index is -3.61. The van der Waals surface area contributed by atoms with Crippen molar-refractivity contribution in [1.82, 2.24) is 14.9 Å². The number of nitrogens with two attached hydrogens (primary N) is 1. The molecule has 0 saturated heterocycles. The molecule has 2 aromatic heterocycles. The Bertz CT molecular complexity index is 678. The summed E-state index contributed by atoms with van der Waals surface area (Å²) in [5.41, 5.74) is 6.32. The van der Waals surface area contributed by atoms with Crippen molar-refractivity contribution in [2.24, 2.45) is 5.73 Å². The zero-order valence-corrected chi connectivity index (χ0v) is 13.3. The van der Waals surface area contributed by atoms with E-state index in [1.807, 2.05) is 11.4 Å². The topological polar surface area (TPSA) is 101 Å². The molecule has 4 N–H and O–H groups in total. The van der Waals surface area contributed by atoms with Gasteiger partial charge in [-0.1, -0.05) is 0 Å². The highest BCUT2D eigenvalue weighted by Crippen LogP contribution is 2.21. The fourth-order valence-electron chi connectivity index (χ4n) is 1.65. The molecule has 2 rings (SSSR count). The van der Waals surface area contributed by atoms with E-state index >= 15 is 0 Å². The Morgan fingerprint density at radius 2 is 2.32 bits per heavy atom. The van der Waals surface area contributed by atoms with E-state index < -0.39 is 10.0 Å². The van der Waals surface area contributed by atoms with Crippen molar-refractivity contribution in [2.75, 3.05) is 0 Å². The number of aryl methyl sites for hydroxylation is 1. The molecule has 0 saturated carbocycles. The predicted molar refractivity (Wildman–Crippen MR) is 77.3 cm³/mol. The number of nitrogens with one attached hydrogen (secondary N) is 2. The smallest absolute Gasteiger partial charge is 0.244 e. The third-order valence-corrected chi connectivity index (χ3v) is 5.78. The first-order valence-electron chi connectivity index (χ1n) is 5.40. The van der Waals surface area contributed by atoms with Gasteiger partial charge in [0.15, 0.2) is 0 Å². The Kier molecular flexibility index (Phi) is 4.41. The molecular formula is C10H13BrN4O2S2. The number of hydrogen-bond donors (Lipinski definition) is 3. The third-order valence-electron chi connectivity index (χ3n) is 2.48. The maximum atomic E-state index is 12.2. The van der Waals surface area contributed by atoms with E-state index in [1.54, 1.807) is 6.92 Å². The van der Waals surface area contributed by atoms with Crippen LogP contribution in [0.3, 0.4) is 0 Å². The number of hydrogen-bond acceptors (Lipinski definition) is 5. The quantitative estimate of drug-likeness (QED) is 0.747. The lowest BCUT2D eigenvalue weighted by Crippen LogP contribution is -2.24. The standard InChI is InChI=1S/C10H13BrN4O2S2/c1-6-10(9(3-12)15-14-6)19(16,17)13-4-8-2-7(11)5-18-8/h2,5,13H,3-4,12H2,1H3,(H,14,15). The van der Waals surface area contributed by atoms with Crippen LogP contribution in [-0.2, 0) is 23.1 Å². The molecule has 0 amide bonds. The van der Waals surface area contributed by atoms with Crippen LogP contribution in [0, 0.1) is 6.92 Å². The van der Waals surface area contributed by atoms with E-state index in [-0.39, 0.29) is 18.0 Å². The van der Waals surface area contributed by atoms with E-state index in [1.165, 1.54) is 11.3 Å². The molecule has 0 unspecified atom stereocenters. The Morgan fingerprint density at radius 3 is 2.89 bits per heavy atom. The fraction of sp³-hybridized carbons (Fsp3) is 0.300. The van der Waals surface area contributed by atoms with Gasteiger partial charge in [0.1, 0.15) is 4.90 Å². The van der Waals surface area contributed by atoms with Crippen LogP contribution in [0.2, 0.25) is 0 Å². The molecule has 0 spiro atoms. The minimum absolute atomic E-state index is 0.0745. The summed E-state index contributed by atoms with van der Waals surface area (Å²) in [7, 11) is -3.61. The highest BCUT2D eigenvalue weighted by molar-refractivity contribution is 9.10. The van der Waals surface area contributed by atoms with Crippen LogP contribution in [0.1, 0.15) is 16.3 Å². The van der Waals surface area contributed by atoms with Gasteiger partial charge in [0.2, 0.25) is 10.0 Å². The molecule has 0 fully saturated rings. The van der Waals surface area contributed by atoms with Crippen molar-refractivity contribution in [3.8, 4) is 0 Å². The average molecular weight is 365 g/mol. The third kappa shape index (κ3) is 3.23. The van der Waals surface area contributed by atoms with Crippen LogP contribution in [0.25, 0.3) is 0 Å². The van der Waals surface area contributed by atoms with Gasteiger partial charge in [0.05, 0.1) is 11.4 Å². The first-order valence-corrected chi connectivity index (χ1v) is 8.56. The summed E-state index contributed by atoms with van der Waals surface area (Å²) in [6, 6.07) is 1.87.